The van der Waals surface area contributed by atoms with Gasteiger partial charge in [0.15, 0.2) is 0 Å². The molecule has 0 aliphatic heterocycles. The smallest absolute Gasteiger partial charge is 0.262 e. The summed E-state index contributed by atoms with van der Waals surface area (Å²) in [5.74, 6) is -0.180. The first-order chi connectivity index (χ1) is 14.0. The molecule has 3 aromatic heterocycles. The molecule has 0 aliphatic rings. The summed E-state index contributed by atoms with van der Waals surface area (Å²) in [4.78, 5) is 17.5. The van der Waals surface area contributed by atoms with Crippen LogP contribution in [0.25, 0.3) is 16.2 Å². The summed E-state index contributed by atoms with van der Waals surface area (Å²) in [6.45, 7) is 1.73. The van der Waals surface area contributed by atoms with Crippen molar-refractivity contribution >= 4 is 34.5 Å². The topological polar surface area (TPSA) is 89.8 Å². The maximum atomic E-state index is 12.0. The summed E-state index contributed by atoms with van der Waals surface area (Å²) >= 11 is 7.49. The van der Waals surface area contributed by atoms with E-state index in [1.54, 1.807) is 18.3 Å². The van der Waals surface area contributed by atoms with Crippen LogP contribution in [0.15, 0.2) is 54.7 Å². The second-order valence-electron chi connectivity index (χ2n) is 6.46. The van der Waals surface area contributed by atoms with Gasteiger partial charge in [-0.1, -0.05) is 35.9 Å². The largest absolute Gasteiger partial charge is 0.484 e. The third kappa shape index (κ3) is 3.60. The first kappa shape index (κ1) is 19.4. The van der Waals surface area contributed by atoms with E-state index in [0.717, 1.165) is 16.1 Å². The maximum Gasteiger partial charge on any atom is 0.262 e. The average Bonchev–Trinajstić information content (AvgIpc) is 3.32. The average molecular weight is 428 g/mol. The minimum absolute atomic E-state index is 0.137. The molecule has 0 fully saturated rings. The number of pyridine rings is 1. The Morgan fingerprint density at radius 3 is 2.83 bits per heavy atom. The SMILES string of the molecule is CC(Oc1cc(-c2cnc3cccc(CO)n23)sc1C(N)=O)c1ccccc1Cl. The Bertz CT molecular complexity index is 1200. The first-order valence-corrected chi connectivity index (χ1v) is 10.1. The van der Waals surface area contributed by atoms with Crippen LogP contribution < -0.4 is 10.5 Å². The Labute approximate surface area is 176 Å². The van der Waals surface area contributed by atoms with Crippen molar-refractivity contribution in [2.75, 3.05) is 0 Å². The van der Waals surface area contributed by atoms with Gasteiger partial charge in [0.1, 0.15) is 22.4 Å². The van der Waals surface area contributed by atoms with Gasteiger partial charge in [0.05, 0.1) is 29.1 Å². The molecule has 0 saturated heterocycles. The van der Waals surface area contributed by atoms with E-state index in [1.807, 2.05) is 47.7 Å². The lowest BCUT2D eigenvalue weighted by molar-refractivity contribution is 0.0998. The van der Waals surface area contributed by atoms with Gasteiger partial charge in [-0.05, 0) is 25.1 Å². The fraction of sp³-hybridized carbons (Fsp3) is 0.143. The van der Waals surface area contributed by atoms with Crippen molar-refractivity contribution in [2.24, 2.45) is 5.73 Å². The van der Waals surface area contributed by atoms with E-state index in [9.17, 15) is 9.90 Å². The fourth-order valence-corrected chi connectivity index (χ4v) is 4.45. The van der Waals surface area contributed by atoms with E-state index < -0.39 is 5.91 Å². The number of hydrogen-bond acceptors (Lipinski definition) is 5. The number of carbonyl (C=O) groups excluding carboxylic acids is 1. The number of fused-ring (bicyclic) bond motifs is 1. The molecule has 8 heteroatoms. The molecule has 0 saturated carbocycles. The highest BCUT2D eigenvalue weighted by Gasteiger charge is 2.21. The zero-order chi connectivity index (χ0) is 20.5. The number of aromatic nitrogens is 2. The van der Waals surface area contributed by atoms with Gasteiger partial charge in [-0.3, -0.25) is 9.20 Å². The van der Waals surface area contributed by atoms with Crippen LogP contribution in [-0.2, 0) is 6.61 Å². The van der Waals surface area contributed by atoms with Crippen molar-refractivity contribution in [2.45, 2.75) is 19.6 Å². The molecule has 0 aliphatic carbocycles. The van der Waals surface area contributed by atoms with Gasteiger partial charge in [0.25, 0.3) is 5.91 Å². The molecule has 29 heavy (non-hydrogen) atoms. The number of amides is 1. The number of primary amides is 1. The number of ether oxygens (including phenoxy) is 1. The Morgan fingerprint density at radius 1 is 1.31 bits per heavy atom. The van der Waals surface area contributed by atoms with Crippen LogP contribution >= 0.6 is 22.9 Å². The molecular formula is C21H18ClN3O3S. The highest BCUT2D eigenvalue weighted by atomic mass is 35.5. The molecule has 1 unspecified atom stereocenters. The van der Waals surface area contributed by atoms with Gasteiger partial charge in [-0.25, -0.2) is 4.98 Å². The molecule has 0 spiro atoms. The third-order valence-electron chi connectivity index (χ3n) is 4.59. The molecule has 3 N–H and O–H groups in total. The summed E-state index contributed by atoms with van der Waals surface area (Å²) < 4.78 is 7.91. The zero-order valence-corrected chi connectivity index (χ0v) is 17.1. The molecule has 4 aromatic rings. The monoisotopic (exact) mass is 427 g/mol. The van der Waals surface area contributed by atoms with Crippen LogP contribution in [-0.4, -0.2) is 20.4 Å². The van der Waals surface area contributed by atoms with Crippen LogP contribution in [0.1, 0.15) is 34.0 Å². The molecule has 4 rings (SSSR count). The Hall–Kier alpha value is -2.87. The highest BCUT2D eigenvalue weighted by molar-refractivity contribution is 7.17. The van der Waals surface area contributed by atoms with Crippen molar-refractivity contribution in [1.82, 2.24) is 9.38 Å². The van der Waals surface area contributed by atoms with Crippen LogP contribution in [0.3, 0.4) is 0 Å². The second kappa shape index (κ2) is 7.87. The quantitative estimate of drug-likeness (QED) is 0.475. The predicted molar refractivity (Wildman–Crippen MR) is 113 cm³/mol. The van der Waals surface area contributed by atoms with E-state index in [4.69, 9.17) is 22.1 Å². The number of rotatable bonds is 6. The number of benzene rings is 1. The van der Waals surface area contributed by atoms with E-state index >= 15 is 0 Å². The minimum Gasteiger partial charge on any atom is -0.484 e. The normalized spacial score (nSPS) is 12.2. The molecule has 0 radical (unpaired) electrons. The standard InChI is InChI=1S/C21H18ClN3O3S/c1-12(14-6-2-3-7-15(14)22)28-17-9-18(29-20(17)21(23)27)16-10-24-19-8-4-5-13(11-26)25(16)19/h2-10,12,26H,11H2,1H3,(H2,23,27). The van der Waals surface area contributed by atoms with Crippen LogP contribution in [0.5, 0.6) is 5.75 Å². The van der Waals surface area contributed by atoms with Gasteiger partial charge < -0.3 is 15.6 Å². The van der Waals surface area contributed by atoms with Crippen molar-refractivity contribution in [3.8, 4) is 16.3 Å². The number of imidazole rings is 1. The summed E-state index contributed by atoms with van der Waals surface area (Å²) in [5.41, 5.74) is 8.55. The molecule has 6 nitrogen and oxygen atoms in total. The fourth-order valence-electron chi connectivity index (χ4n) is 3.22. The Balaban J connectivity index is 1.77. The van der Waals surface area contributed by atoms with Crippen molar-refractivity contribution < 1.29 is 14.6 Å². The molecule has 148 valence electrons. The highest BCUT2D eigenvalue weighted by Crippen LogP contribution is 2.39. The second-order valence-corrected chi connectivity index (χ2v) is 7.92. The van der Waals surface area contributed by atoms with Gasteiger partial charge >= 0.3 is 0 Å². The Kier molecular flexibility index (Phi) is 5.27. The predicted octanol–water partition coefficient (Wildman–Crippen LogP) is 4.45. The minimum atomic E-state index is -0.571. The van der Waals surface area contributed by atoms with E-state index in [-0.39, 0.29) is 12.7 Å². The molecule has 1 amide bonds. The summed E-state index contributed by atoms with van der Waals surface area (Å²) in [6, 6.07) is 14.7. The van der Waals surface area contributed by atoms with Crippen molar-refractivity contribution in [3.05, 3.63) is 75.9 Å². The Morgan fingerprint density at radius 2 is 2.10 bits per heavy atom. The number of thiophene rings is 1. The van der Waals surface area contributed by atoms with Crippen molar-refractivity contribution in [3.63, 3.8) is 0 Å². The molecule has 1 aromatic carbocycles. The summed E-state index contributed by atoms with van der Waals surface area (Å²) in [7, 11) is 0. The van der Waals surface area contributed by atoms with E-state index in [0.29, 0.717) is 27.0 Å². The lowest BCUT2D eigenvalue weighted by Crippen LogP contribution is -2.12. The van der Waals surface area contributed by atoms with E-state index in [2.05, 4.69) is 4.98 Å². The van der Waals surface area contributed by atoms with Crippen LogP contribution in [0.4, 0.5) is 0 Å². The number of carbonyl (C=O) groups is 1. The van der Waals surface area contributed by atoms with Gasteiger partial charge in [0, 0.05) is 16.7 Å². The molecular weight excluding hydrogens is 410 g/mol. The first-order valence-electron chi connectivity index (χ1n) is 8.91. The lowest BCUT2D eigenvalue weighted by Gasteiger charge is -2.16. The third-order valence-corrected chi connectivity index (χ3v) is 6.09. The molecule has 3 heterocycles. The number of aliphatic hydroxyl groups excluding tert-OH is 1. The van der Waals surface area contributed by atoms with Crippen LogP contribution in [0.2, 0.25) is 5.02 Å². The number of aliphatic hydroxyl groups is 1. The lowest BCUT2D eigenvalue weighted by atomic mass is 10.1. The summed E-state index contributed by atoms with van der Waals surface area (Å²) in [6.07, 6.45) is 1.33. The number of nitrogens with zero attached hydrogens (tertiary/aromatic N) is 2. The maximum absolute atomic E-state index is 12.0. The zero-order valence-electron chi connectivity index (χ0n) is 15.5. The number of hydrogen-bond donors (Lipinski definition) is 2. The van der Waals surface area contributed by atoms with Crippen molar-refractivity contribution in [1.29, 1.82) is 0 Å². The van der Waals surface area contributed by atoms with Gasteiger partial charge in [-0.15, -0.1) is 11.3 Å². The number of halogens is 1. The van der Waals surface area contributed by atoms with Crippen LogP contribution in [0, 0.1) is 0 Å². The van der Waals surface area contributed by atoms with Gasteiger partial charge in [0.2, 0.25) is 0 Å². The molecule has 1 atom stereocenters. The van der Waals surface area contributed by atoms with E-state index in [1.165, 1.54) is 11.3 Å². The summed E-state index contributed by atoms with van der Waals surface area (Å²) in [5, 5.41) is 10.3. The molecule has 0 bridgehead atoms. The van der Waals surface area contributed by atoms with Gasteiger partial charge in [-0.2, -0.15) is 0 Å². The number of nitrogens with two attached hydrogens (primary N) is 1.